The van der Waals surface area contributed by atoms with Crippen LogP contribution in [0.5, 0.6) is 5.75 Å². The van der Waals surface area contributed by atoms with Gasteiger partial charge in [0.2, 0.25) is 5.91 Å². The summed E-state index contributed by atoms with van der Waals surface area (Å²) in [5, 5.41) is 22.2. The smallest absolute Gasteiger partial charge is 0.356 e. The normalized spacial score (nSPS) is 18.1. The molecule has 0 aromatic heterocycles. The van der Waals surface area contributed by atoms with E-state index in [4.69, 9.17) is 11.6 Å². The minimum Gasteiger partial charge on any atom is -0.508 e. The summed E-state index contributed by atoms with van der Waals surface area (Å²) in [5.41, 5.74) is 2.97. The zero-order chi connectivity index (χ0) is 27.7. The fraction of sp³-hybridized carbons (Fsp3) is 0.167. The van der Waals surface area contributed by atoms with Crippen LogP contribution in [0, 0.1) is 5.92 Å². The van der Waals surface area contributed by atoms with Gasteiger partial charge in [-0.3, -0.25) is 9.36 Å². The third kappa shape index (κ3) is 5.50. The molecule has 1 heterocycles. The monoisotopic (exact) mass is 563 g/mol. The summed E-state index contributed by atoms with van der Waals surface area (Å²) in [5.74, 6) is -0.614. The average Bonchev–Trinajstić information content (AvgIpc) is 2.92. The fourth-order valence-electron chi connectivity index (χ4n) is 5.14. The first-order chi connectivity index (χ1) is 18.6. The number of carbonyl (C=O) groups excluding carboxylic acids is 1. The molecule has 4 aromatic carbocycles. The minimum absolute atomic E-state index is 0.0378. The Bertz CT molecular complexity index is 1560. The molecule has 39 heavy (non-hydrogen) atoms. The first-order valence-electron chi connectivity index (χ1n) is 12.4. The summed E-state index contributed by atoms with van der Waals surface area (Å²) in [7, 11) is -4.43. The van der Waals surface area contributed by atoms with Crippen molar-refractivity contribution in [1.82, 2.24) is 0 Å². The van der Waals surface area contributed by atoms with Gasteiger partial charge in [0.05, 0.1) is 23.4 Å². The third-order valence-corrected chi connectivity index (χ3v) is 8.42. The number of nitrogens with zero attached hydrogens (tertiary/aromatic N) is 1. The maximum absolute atomic E-state index is 13.4. The highest BCUT2D eigenvalue weighted by molar-refractivity contribution is 7.60. The van der Waals surface area contributed by atoms with Crippen LogP contribution < -0.4 is 10.2 Å². The van der Waals surface area contributed by atoms with Crippen molar-refractivity contribution in [2.24, 2.45) is 5.92 Å². The lowest BCUT2D eigenvalue weighted by atomic mass is 9.77. The summed E-state index contributed by atoms with van der Waals surface area (Å²) in [6, 6.07) is 26.8. The third-order valence-electron chi connectivity index (χ3n) is 7.13. The maximum atomic E-state index is 13.4. The van der Waals surface area contributed by atoms with Crippen LogP contribution in [0.25, 0.3) is 11.1 Å². The summed E-state index contributed by atoms with van der Waals surface area (Å²) in [6.45, 7) is 0. The Morgan fingerprint density at radius 2 is 1.56 bits per heavy atom. The highest BCUT2D eigenvalue weighted by Crippen LogP contribution is 2.49. The van der Waals surface area contributed by atoms with E-state index in [-0.39, 0.29) is 17.0 Å². The van der Waals surface area contributed by atoms with E-state index in [0.29, 0.717) is 45.8 Å². The second-order valence-electron chi connectivity index (χ2n) is 9.58. The number of rotatable bonds is 8. The molecule has 0 aliphatic carbocycles. The number of carbonyl (C=O) groups is 1. The number of benzene rings is 4. The van der Waals surface area contributed by atoms with E-state index in [1.165, 1.54) is 18.2 Å². The van der Waals surface area contributed by atoms with Gasteiger partial charge in [-0.2, -0.15) is 0 Å². The lowest BCUT2D eigenvalue weighted by Gasteiger charge is -2.48. The molecule has 7 nitrogen and oxygen atoms in total. The number of hydrogen-bond donors (Lipinski definition) is 4. The van der Waals surface area contributed by atoms with Crippen LogP contribution >= 0.6 is 19.2 Å². The number of hydrogen-bond acceptors (Lipinski definition) is 4. The van der Waals surface area contributed by atoms with Crippen molar-refractivity contribution in [1.29, 1.82) is 0 Å². The van der Waals surface area contributed by atoms with Gasteiger partial charge in [-0.25, -0.2) is 0 Å². The van der Waals surface area contributed by atoms with Gasteiger partial charge >= 0.3 is 7.60 Å². The van der Waals surface area contributed by atoms with Crippen LogP contribution in [-0.4, -0.2) is 25.9 Å². The van der Waals surface area contributed by atoms with Crippen LogP contribution in [0.1, 0.15) is 36.1 Å². The largest absolute Gasteiger partial charge is 0.508 e. The molecule has 1 fully saturated rings. The number of amides is 1. The Kier molecular flexibility index (Phi) is 7.63. The Morgan fingerprint density at radius 3 is 2.26 bits per heavy atom. The Balaban J connectivity index is 1.45. The van der Waals surface area contributed by atoms with E-state index in [9.17, 15) is 29.4 Å². The van der Waals surface area contributed by atoms with Gasteiger partial charge in [0, 0.05) is 16.3 Å². The summed E-state index contributed by atoms with van der Waals surface area (Å²) < 4.78 is 11.7. The molecule has 0 bridgehead atoms. The van der Waals surface area contributed by atoms with Crippen LogP contribution in [-0.2, 0) is 9.36 Å². The van der Waals surface area contributed by atoms with E-state index in [1.54, 1.807) is 53.4 Å². The number of aliphatic hydroxyl groups excluding tert-OH is 1. The number of aliphatic hydroxyl groups is 1. The molecule has 3 atom stereocenters. The Hall–Kier alpha value is -3.45. The quantitative estimate of drug-likeness (QED) is 0.160. The number of phenols is 1. The lowest BCUT2D eigenvalue weighted by molar-refractivity contribution is -0.131. The zero-order valence-corrected chi connectivity index (χ0v) is 22.4. The molecule has 1 amide bonds. The highest BCUT2D eigenvalue weighted by atomic mass is 35.5. The van der Waals surface area contributed by atoms with Crippen LogP contribution in [0.4, 0.5) is 5.69 Å². The molecule has 0 radical (unpaired) electrons. The predicted molar refractivity (Wildman–Crippen MR) is 151 cm³/mol. The van der Waals surface area contributed by atoms with E-state index in [2.05, 4.69) is 0 Å². The zero-order valence-electron chi connectivity index (χ0n) is 20.8. The summed E-state index contributed by atoms with van der Waals surface area (Å²) >= 11 is 6.25. The SMILES string of the molecule is O=C1C(CCC(O)c2ccccc2Cl)C(c2ccc(-c3cccc(P(=O)(O)O)c3)cc2O)N1c1ccccc1. The van der Waals surface area contributed by atoms with E-state index < -0.39 is 25.7 Å². The first-order valence-corrected chi connectivity index (χ1v) is 14.4. The predicted octanol–water partition coefficient (Wildman–Crippen LogP) is 5.73. The van der Waals surface area contributed by atoms with Crippen molar-refractivity contribution in [3.8, 4) is 16.9 Å². The van der Waals surface area contributed by atoms with Crippen molar-refractivity contribution in [2.45, 2.75) is 25.0 Å². The van der Waals surface area contributed by atoms with E-state index in [1.807, 2.05) is 30.3 Å². The van der Waals surface area contributed by atoms with Crippen LogP contribution in [0.2, 0.25) is 5.02 Å². The van der Waals surface area contributed by atoms with Crippen molar-refractivity contribution < 1.29 is 29.4 Å². The Morgan fingerprint density at radius 1 is 0.872 bits per heavy atom. The van der Waals surface area contributed by atoms with Gasteiger partial charge in [0.25, 0.3) is 0 Å². The van der Waals surface area contributed by atoms with Gasteiger partial charge in [-0.1, -0.05) is 72.3 Å². The summed E-state index contributed by atoms with van der Waals surface area (Å²) in [6.07, 6.45) is -0.145. The van der Waals surface area contributed by atoms with Gasteiger partial charge in [0.1, 0.15) is 5.75 Å². The number of halogens is 1. The average molecular weight is 564 g/mol. The topological polar surface area (TPSA) is 118 Å². The van der Waals surface area contributed by atoms with E-state index >= 15 is 0 Å². The van der Waals surface area contributed by atoms with E-state index in [0.717, 1.165) is 0 Å². The van der Waals surface area contributed by atoms with Crippen molar-refractivity contribution >= 4 is 36.1 Å². The number of phenolic OH excluding ortho intramolecular Hbond substituents is 1. The van der Waals surface area contributed by atoms with Gasteiger partial charge < -0.3 is 24.9 Å². The molecular weight excluding hydrogens is 537 g/mol. The fourth-order valence-corrected chi connectivity index (χ4v) is 5.99. The van der Waals surface area contributed by atoms with Crippen molar-refractivity contribution in [3.05, 3.63) is 113 Å². The molecule has 0 spiro atoms. The van der Waals surface area contributed by atoms with Crippen LogP contribution in [0.3, 0.4) is 0 Å². The highest BCUT2D eigenvalue weighted by Gasteiger charge is 2.49. The molecule has 1 saturated heterocycles. The van der Waals surface area contributed by atoms with Gasteiger partial charge in [-0.15, -0.1) is 0 Å². The second-order valence-corrected chi connectivity index (χ2v) is 11.6. The molecule has 1 aliphatic heterocycles. The molecular formula is C30H27ClNO6P. The molecule has 4 N–H and O–H groups in total. The summed E-state index contributed by atoms with van der Waals surface area (Å²) in [4.78, 5) is 34.1. The van der Waals surface area contributed by atoms with Gasteiger partial charge in [-0.05, 0) is 65.9 Å². The molecule has 4 aromatic rings. The molecule has 200 valence electrons. The molecule has 0 saturated carbocycles. The number of anilines is 1. The number of β-lactam (4-membered cyclic amide) rings is 1. The van der Waals surface area contributed by atoms with Crippen molar-refractivity contribution in [3.63, 3.8) is 0 Å². The van der Waals surface area contributed by atoms with Crippen LogP contribution in [0.15, 0.2) is 97.1 Å². The standard InChI is InChI=1S/C30H27ClNO6P/c31-26-12-5-4-11-23(26)27(33)16-15-25-29(32(30(25)35)21-8-2-1-3-9-21)24-14-13-20(18-28(24)34)19-7-6-10-22(17-19)39(36,37)38/h1-14,17-18,25,27,29,33-34H,15-16H2,(H2,36,37,38). The minimum atomic E-state index is -4.43. The second kappa shape index (κ2) is 11.0. The first kappa shape index (κ1) is 27.1. The number of aromatic hydroxyl groups is 1. The van der Waals surface area contributed by atoms with Crippen molar-refractivity contribution in [2.75, 3.05) is 4.90 Å². The number of para-hydroxylation sites is 1. The molecule has 9 heteroatoms. The Labute approximate surface area is 231 Å². The molecule has 3 unspecified atom stereocenters. The lowest BCUT2D eigenvalue weighted by Crippen LogP contribution is -2.55. The molecule has 1 aliphatic rings. The molecule has 5 rings (SSSR count). The maximum Gasteiger partial charge on any atom is 0.356 e. The van der Waals surface area contributed by atoms with Gasteiger partial charge in [0.15, 0.2) is 0 Å².